The summed E-state index contributed by atoms with van der Waals surface area (Å²) < 4.78 is 0. The summed E-state index contributed by atoms with van der Waals surface area (Å²) in [6, 6.07) is 11.0. The first-order valence-electron chi connectivity index (χ1n) is 6.19. The number of nitrogens with zero attached hydrogens (tertiary/aromatic N) is 2. The van der Waals surface area contributed by atoms with E-state index in [1.165, 1.54) is 18.2 Å². The van der Waals surface area contributed by atoms with Crippen LogP contribution in [0, 0.1) is 27.2 Å². The molecule has 108 valence electrons. The zero-order valence-electron chi connectivity index (χ0n) is 11.3. The van der Waals surface area contributed by atoms with E-state index in [4.69, 9.17) is 0 Å². The maximum atomic E-state index is 11.0. The number of aryl methyl sites for hydroxylation is 1. The van der Waals surface area contributed by atoms with Crippen LogP contribution in [-0.2, 0) is 6.54 Å². The first-order chi connectivity index (χ1) is 9.97. The Morgan fingerprint density at radius 1 is 1.00 bits per heavy atom. The molecule has 0 heterocycles. The van der Waals surface area contributed by atoms with E-state index in [-0.39, 0.29) is 11.4 Å². The van der Waals surface area contributed by atoms with E-state index in [1.54, 1.807) is 31.2 Å². The average Bonchev–Trinajstić information content (AvgIpc) is 2.46. The van der Waals surface area contributed by atoms with E-state index in [1.807, 2.05) is 0 Å². The molecule has 0 atom stereocenters. The van der Waals surface area contributed by atoms with Gasteiger partial charge in [-0.2, -0.15) is 0 Å². The van der Waals surface area contributed by atoms with Crippen molar-refractivity contribution >= 4 is 17.1 Å². The van der Waals surface area contributed by atoms with Crippen molar-refractivity contribution in [1.29, 1.82) is 0 Å². The van der Waals surface area contributed by atoms with Crippen molar-refractivity contribution in [2.75, 3.05) is 5.32 Å². The van der Waals surface area contributed by atoms with Crippen LogP contribution in [0.1, 0.15) is 11.1 Å². The highest BCUT2D eigenvalue weighted by Gasteiger charge is 2.13. The SMILES string of the molecule is Cc1ccc(NCc2ccc([N+](=O)[O-])cc2)c([N+](=O)[O-])c1. The van der Waals surface area contributed by atoms with Gasteiger partial charge in [-0.3, -0.25) is 20.2 Å². The fraction of sp³-hybridized carbons (Fsp3) is 0.143. The van der Waals surface area contributed by atoms with Crippen LogP contribution in [0.25, 0.3) is 0 Å². The molecule has 21 heavy (non-hydrogen) atoms. The Labute approximate surface area is 120 Å². The summed E-state index contributed by atoms with van der Waals surface area (Å²) in [4.78, 5) is 20.6. The Morgan fingerprint density at radius 3 is 2.24 bits per heavy atom. The van der Waals surface area contributed by atoms with E-state index < -0.39 is 9.85 Å². The summed E-state index contributed by atoms with van der Waals surface area (Å²) in [6.07, 6.45) is 0. The molecule has 0 aliphatic carbocycles. The summed E-state index contributed by atoms with van der Waals surface area (Å²) in [6.45, 7) is 2.13. The highest BCUT2D eigenvalue weighted by atomic mass is 16.6. The molecule has 2 rings (SSSR count). The van der Waals surface area contributed by atoms with Gasteiger partial charge in [-0.25, -0.2) is 0 Å². The molecule has 1 N–H and O–H groups in total. The molecule has 0 aliphatic heterocycles. The number of nitro benzene ring substituents is 2. The molecule has 7 nitrogen and oxygen atoms in total. The third kappa shape index (κ3) is 3.53. The van der Waals surface area contributed by atoms with E-state index >= 15 is 0 Å². The molecule has 0 aromatic heterocycles. The van der Waals surface area contributed by atoms with Crippen molar-refractivity contribution in [2.45, 2.75) is 13.5 Å². The normalized spacial score (nSPS) is 10.1. The summed E-state index contributed by atoms with van der Waals surface area (Å²) in [5.74, 6) is 0. The lowest BCUT2D eigenvalue weighted by atomic mass is 10.1. The van der Waals surface area contributed by atoms with E-state index in [0.717, 1.165) is 11.1 Å². The molecule has 7 heteroatoms. The monoisotopic (exact) mass is 287 g/mol. The van der Waals surface area contributed by atoms with Gasteiger partial charge >= 0.3 is 0 Å². The molecule has 2 aromatic carbocycles. The number of rotatable bonds is 5. The largest absolute Gasteiger partial charge is 0.375 e. The van der Waals surface area contributed by atoms with Gasteiger partial charge in [0.2, 0.25) is 0 Å². The standard InChI is InChI=1S/C14H13N3O4/c1-10-2-7-13(14(8-10)17(20)21)15-9-11-3-5-12(6-4-11)16(18)19/h2-8,15H,9H2,1H3. The van der Waals surface area contributed by atoms with Crippen LogP contribution in [0.5, 0.6) is 0 Å². The highest BCUT2D eigenvalue weighted by molar-refractivity contribution is 5.62. The molecule has 0 radical (unpaired) electrons. The maximum Gasteiger partial charge on any atom is 0.292 e. The maximum absolute atomic E-state index is 11.0. The number of nitro groups is 2. The lowest BCUT2D eigenvalue weighted by molar-refractivity contribution is -0.384. The predicted octanol–water partition coefficient (Wildman–Crippen LogP) is 3.42. The predicted molar refractivity (Wildman–Crippen MR) is 78.3 cm³/mol. The molecule has 0 fully saturated rings. The van der Waals surface area contributed by atoms with Crippen LogP contribution in [-0.4, -0.2) is 9.85 Å². The van der Waals surface area contributed by atoms with Gasteiger partial charge in [-0.1, -0.05) is 18.2 Å². The minimum Gasteiger partial charge on any atom is -0.375 e. The van der Waals surface area contributed by atoms with Crippen LogP contribution < -0.4 is 5.32 Å². The minimum atomic E-state index is -0.470. The van der Waals surface area contributed by atoms with Gasteiger partial charge in [-0.05, 0) is 24.1 Å². The van der Waals surface area contributed by atoms with Crippen LogP contribution in [0.15, 0.2) is 42.5 Å². The van der Waals surface area contributed by atoms with Crippen molar-refractivity contribution in [3.05, 3.63) is 73.8 Å². The van der Waals surface area contributed by atoms with Gasteiger partial charge in [0, 0.05) is 24.7 Å². The summed E-state index contributed by atoms with van der Waals surface area (Å²) in [7, 11) is 0. The number of nitrogens with one attached hydrogen (secondary N) is 1. The fourth-order valence-electron chi connectivity index (χ4n) is 1.88. The third-order valence-electron chi connectivity index (χ3n) is 2.98. The zero-order chi connectivity index (χ0) is 15.4. The van der Waals surface area contributed by atoms with Gasteiger partial charge in [0.15, 0.2) is 0 Å². The number of benzene rings is 2. The van der Waals surface area contributed by atoms with E-state index in [9.17, 15) is 20.2 Å². The van der Waals surface area contributed by atoms with Crippen LogP contribution in [0.3, 0.4) is 0 Å². The minimum absolute atomic E-state index is 0.0110. The lowest BCUT2D eigenvalue weighted by Gasteiger charge is -2.07. The second kappa shape index (κ2) is 6.00. The summed E-state index contributed by atoms with van der Waals surface area (Å²) >= 11 is 0. The first-order valence-corrected chi connectivity index (χ1v) is 6.19. The smallest absolute Gasteiger partial charge is 0.292 e. The zero-order valence-corrected chi connectivity index (χ0v) is 11.3. The van der Waals surface area contributed by atoms with Crippen molar-refractivity contribution < 1.29 is 9.85 Å². The number of non-ortho nitro benzene ring substituents is 1. The molecule has 0 spiro atoms. The highest BCUT2D eigenvalue weighted by Crippen LogP contribution is 2.26. The van der Waals surface area contributed by atoms with Gasteiger partial charge in [0.1, 0.15) is 5.69 Å². The Bertz CT molecular complexity index is 683. The molecule has 0 amide bonds. The van der Waals surface area contributed by atoms with Gasteiger partial charge in [0.05, 0.1) is 9.85 Å². The Kier molecular flexibility index (Phi) is 4.13. The molecule has 0 unspecified atom stereocenters. The number of anilines is 1. The Hall–Kier alpha value is -2.96. The quantitative estimate of drug-likeness (QED) is 0.671. The van der Waals surface area contributed by atoms with Crippen LogP contribution in [0.2, 0.25) is 0 Å². The van der Waals surface area contributed by atoms with E-state index in [2.05, 4.69) is 5.32 Å². The molecule has 0 saturated carbocycles. The molecule has 0 bridgehead atoms. The fourth-order valence-corrected chi connectivity index (χ4v) is 1.88. The molecule has 0 saturated heterocycles. The van der Waals surface area contributed by atoms with Crippen molar-refractivity contribution in [3.8, 4) is 0 Å². The third-order valence-corrected chi connectivity index (χ3v) is 2.98. The Balaban J connectivity index is 2.13. The topological polar surface area (TPSA) is 98.3 Å². The van der Waals surface area contributed by atoms with Crippen molar-refractivity contribution in [3.63, 3.8) is 0 Å². The lowest BCUT2D eigenvalue weighted by Crippen LogP contribution is -2.03. The molecular weight excluding hydrogens is 274 g/mol. The average molecular weight is 287 g/mol. The second-order valence-corrected chi connectivity index (χ2v) is 4.55. The molecular formula is C14H13N3O4. The number of hydrogen-bond acceptors (Lipinski definition) is 5. The molecule has 2 aromatic rings. The van der Waals surface area contributed by atoms with Gasteiger partial charge < -0.3 is 5.32 Å². The van der Waals surface area contributed by atoms with E-state index in [0.29, 0.717) is 12.2 Å². The number of hydrogen-bond donors (Lipinski definition) is 1. The summed E-state index contributed by atoms with van der Waals surface area (Å²) in [5.41, 5.74) is 2.05. The van der Waals surface area contributed by atoms with Gasteiger partial charge in [0.25, 0.3) is 11.4 Å². The second-order valence-electron chi connectivity index (χ2n) is 4.55. The van der Waals surface area contributed by atoms with Crippen molar-refractivity contribution in [2.24, 2.45) is 0 Å². The Morgan fingerprint density at radius 2 is 1.67 bits per heavy atom. The van der Waals surface area contributed by atoms with Crippen LogP contribution in [0.4, 0.5) is 17.1 Å². The first kappa shape index (κ1) is 14.4. The molecule has 0 aliphatic rings. The summed E-state index contributed by atoms with van der Waals surface area (Å²) in [5, 5.41) is 24.5. The van der Waals surface area contributed by atoms with Gasteiger partial charge in [-0.15, -0.1) is 0 Å². The van der Waals surface area contributed by atoms with Crippen molar-refractivity contribution in [1.82, 2.24) is 0 Å². The van der Waals surface area contributed by atoms with Crippen LogP contribution >= 0.6 is 0 Å².